The van der Waals surface area contributed by atoms with Crippen LogP contribution in [0.2, 0.25) is 0 Å². The summed E-state index contributed by atoms with van der Waals surface area (Å²) in [4.78, 5) is 6.70. The molecule has 0 spiro atoms. The van der Waals surface area contributed by atoms with Crippen LogP contribution in [0.25, 0.3) is 0 Å². The van der Waals surface area contributed by atoms with E-state index < -0.39 is 0 Å². The highest BCUT2D eigenvalue weighted by Crippen LogP contribution is 2.29. The van der Waals surface area contributed by atoms with Gasteiger partial charge in [-0.15, -0.1) is 0 Å². The van der Waals surface area contributed by atoms with E-state index in [0.717, 1.165) is 39.1 Å². The number of aryl methyl sites for hydroxylation is 1. The molecule has 6 heteroatoms. The Morgan fingerprint density at radius 3 is 2.47 bits per heavy atom. The molecule has 2 aliphatic heterocycles. The molecule has 106 valence electrons. The van der Waals surface area contributed by atoms with E-state index in [0.29, 0.717) is 17.6 Å². The number of likely N-dealkylation sites (tertiary alicyclic amines) is 1. The van der Waals surface area contributed by atoms with Gasteiger partial charge in [-0.05, 0) is 39.8 Å². The maximum Gasteiger partial charge on any atom is 0.243 e. The van der Waals surface area contributed by atoms with Gasteiger partial charge in [0.05, 0.1) is 19.3 Å². The van der Waals surface area contributed by atoms with E-state index in [1.165, 1.54) is 0 Å². The first-order valence-electron chi connectivity index (χ1n) is 7.01. The molecule has 0 amide bonds. The molecule has 2 aliphatic rings. The highest BCUT2D eigenvalue weighted by atomic mass is 16.7. The highest BCUT2D eigenvalue weighted by Gasteiger charge is 2.32. The molecule has 0 N–H and O–H groups in total. The zero-order valence-electron chi connectivity index (χ0n) is 11.5. The predicted octanol–water partition coefficient (Wildman–Crippen LogP) is 1.52. The molecule has 2 saturated heterocycles. The van der Waals surface area contributed by atoms with Gasteiger partial charge in [0.1, 0.15) is 0 Å². The number of nitrogens with zero attached hydrogens (tertiary/aromatic N) is 3. The maximum absolute atomic E-state index is 5.59. The van der Waals surface area contributed by atoms with Gasteiger partial charge in [-0.1, -0.05) is 5.16 Å². The summed E-state index contributed by atoms with van der Waals surface area (Å²) in [6.07, 6.45) is 2.22. The summed E-state index contributed by atoms with van der Waals surface area (Å²) in [6, 6.07) is 0.188. The van der Waals surface area contributed by atoms with E-state index >= 15 is 0 Å². The Labute approximate surface area is 113 Å². The average molecular weight is 267 g/mol. The molecule has 3 heterocycles. The van der Waals surface area contributed by atoms with Crippen molar-refractivity contribution in [3.8, 4) is 0 Å². The molecular formula is C13H21N3O3. The SMILES string of the molecule is Cc1noc(C(C)N2CCC(C3OCCO3)CC2)n1. The molecule has 1 aromatic heterocycles. The van der Waals surface area contributed by atoms with Crippen molar-refractivity contribution in [1.29, 1.82) is 0 Å². The van der Waals surface area contributed by atoms with Gasteiger partial charge in [0, 0.05) is 5.92 Å². The predicted molar refractivity (Wildman–Crippen MR) is 67.4 cm³/mol. The molecule has 0 bridgehead atoms. The fraction of sp³-hybridized carbons (Fsp3) is 0.846. The van der Waals surface area contributed by atoms with Gasteiger partial charge in [0.25, 0.3) is 0 Å². The third kappa shape index (κ3) is 2.80. The first-order chi connectivity index (χ1) is 9.24. The van der Waals surface area contributed by atoms with Crippen LogP contribution < -0.4 is 0 Å². The van der Waals surface area contributed by atoms with E-state index in [-0.39, 0.29) is 12.3 Å². The van der Waals surface area contributed by atoms with Crippen molar-refractivity contribution in [3.63, 3.8) is 0 Å². The Morgan fingerprint density at radius 1 is 1.21 bits per heavy atom. The summed E-state index contributed by atoms with van der Waals surface area (Å²) in [7, 11) is 0. The molecule has 6 nitrogen and oxygen atoms in total. The van der Waals surface area contributed by atoms with Gasteiger partial charge in [0.15, 0.2) is 12.1 Å². The van der Waals surface area contributed by atoms with Crippen molar-refractivity contribution in [2.45, 2.75) is 39.0 Å². The van der Waals surface area contributed by atoms with Crippen molar-refractivity contribution in [2.24, 2.45) is 5.92 Å². The average Bonchev–Trinajstić information content (AvgIpc) is 3.09. The van der Waals surface area contributed by atoms with Crippen LogP contribution in [0.5, 0.6) is 0 Å². The van der Waals surface area contributed by atoms with E-state index in [2.05, 4.69) is 22.0 Å². The lowest BCUT2D eigenvalue weighted by Gasteiger charge is -2.35. The van der Waals surface area contributed by atoms with Crippen LogP contribution >= 0.6 is 0 Å². The summed E-state index contributed by atoms with van der Waals surface area (Å²) < 4.78 is 16.4. The van der Waals surface area contributed by atoms with Crippen LogP contribution in [0, 0.1) is 12.8 Å². The van der Waals surface area contributed by atoms with Crippen LogP contribution in [0.1, 0.15) is 37.5 Å². The standard InChI is InChI=1S/C13H21N3O3/c1-9(12-14-10(2)15-19-12)16-5-3-11(4-6-16)13-17-7-8-18-13/h9,11,13H,3-8H2,1-2H3. The lowest BCUT2D eigenvalue weighted by atomic mass is 9.95. The Hall–Kier alpha value is -0.980. The minimum absolute atomic E-state index is 0.0168. The molecule has 19 heavy (non-hydrogen) atoms. The quantitative estimate of drug-likeness (QED) is 0.827. The lowest BCUT2D eigenvalue weighted by Crippen LogP contribution is -2.39. The number of aromatic nitrogens is 2. The molecule has 2 fully saturated rings. The summed E-state index contributed by atoms with van der Waals surface area (Å²) in [5.41, 5.74) is 0. The van der Waals surface area contributed by atoms with Crippen molar-refractivity contribution in [2.75, 3.05) is 26.3 Å². The van der Waals surface area contributed by atoms with Gasteiger partial charge in [0.2, 0.25) is 5.89 Å². The Bertz CT molecular complexity index is 409. The minimum Gasteiger partial charge on any atom is -0.350 e. The Morgan fingerprint density at radius 2 is 1.89 bits per heavy atom. The van der Waals surface area contributed by atoms with Gasteiger partial charge < -0.3 is 14.0 Å². The number of rotatable bonds is 3. The second-order valence-electron chi connectivity index (χ2n) is 5.34. The zero-order valence-corrected chi connectivity index (χ0v) is 11.5. The zero-order chi connectivity index (χ0) is 13.2. The van der Waals surface area contributed by atoms with Gasteiger partial charge in [-0.25, -0.2) is 0 Å². The summed E-state index contributed by atoms with van der Waals surface area (Å²) in [6.45, 7) is 7.49. The van der Waals surface area contributed by atoms with Crippen molar-refractivity contribution < 1.29 is 14.0 Å². The maximum atomic E-state index is 5.59. The largest absolute Gasteiger partial charge is 0.350 e. The van der Waals surface area contributed by atoms with Crippen LogP contribution in [-0.4, -0.2) is 47.6 Å². The molecule has 0 radical (unpaired) electrons. The van der Waals surface area contributed by atoms with E-state index in [9.17, 15) is 0 Å². The van der Waals surface area contributed by atoms with Crippen molar-refractivity contribution >= 4 is 0 Å². The fourth-order valence-electron chi connectivity index (χ4n) is 2.87. The normalized spacial score (nSPS) is 24.9. The summed E-state index contributed by atoms with van der Waals surface area (Å²) in [5, 5.41) is 3.86. The third-order valence-electron chi connectivity index (χ3n) is 4.06. The molecule has 0 aliphatic carbocycles. The molecule has 1 unspecified atom stereocenters. The van der Waals surface area contributed by atoms with Crippen molar-refractivity contribution in [1.82, 2.24) is 15.0 Å². The fourth-order valence-corrected chi connectivity index (χ4v) is 2.87. The first kappa shape index (κ1) is 13.0. The topological polar surface area (TPSA) is 60.6 Å². The number of ether oxygens (including phenoxy) is 2. The van der Waals surface area contributed by atoms with Crippen LogP contribution in [0.3, 0.4) is 0 Å². The van der Waals surface area contributed by atoms with Crippen LogP contribution in [0.4, 0.5) is 0 Å². The molecule has 1 atom stereocenters. The number of hydrogen-bond acceptors (Lipinski definition) is 6. The van der Waals surface area contributed by atoms with E-state index in [4.69, 9.17) is 14.0 Å². The molecule has 0 aromatic carbocycles. The number of piperidine rings is 1. The van der Waals surface area contributed by atoms with E-state index in [1.807, 2.05) is 6.92 Å². The number of hydrogen-bond donors (Lipinski definition) is 0. The Balaban J connectivity index is 1.54. The lowest BCUT2D eigenvalue weighted by molar-refractivity contribution is -0.0997. The van der Waals surface area contributed by atoms with Gasteiger partial charge in [-0.2, -0.15) is 4.98 Å². The third-order valence-corrected chi connectivity index (χ3v) is 4.06. The summed E-state index contributed by atoms with van der Waals surface area (Å²) in [5.74, 6) is 1.93. The van der Waals surface area contributed by atoms with Gasteiger partial charge in [-0.3, -0.25) is 4.90 Å². The van der Waals surface area contributed by atoms with Gasteiger partial charge >= 0.3 is 0 Å². The smallest absolute Gasteiger partial charge is 0.243 e. The highest BCUT2D eigenvalue weighted by molar-refractivity contribution is 4.92. The van der Waals surface area contributed by atoms with Crippen LogP contribution in [0.15, 0.2) is 4.52 Å². The monoisotopic (exact) mass is 267 g/mol. The molecule has 1 aromatic rings. The van der Waals surface area contributed by atoms with Crippen molar-refractivity contribution in [3.05, 3.63) is 11.7 Å². The summed E-state index contributed by atoms with van der Waals surface area (Å²) >= 11 is 0. The van der Waals surface area contributed by atoms with E-state index in [1.54, 1.807) is 0 Å². The second kappa shape index (κ2) is 5.56. The molecule has 3 rings (SSSR count). The van der Waals surface area contributed by atoms with Crippen LogP contribution in [-0.2, 0) is 9.47 Å². The first-order valence-corrected chi connectivity index (χ1v) is 7.01. The second-order valence-corrected chi connectivity index (χ2v) is 5.34. The molecular weight excluding hydrogens is 246 g/mol. The molecule has 0 saturated carbocycles. The minimum atomic E-state index is 0.0168. The Kier molecular flexibility index (Phi) is 3.81.